The summed E-state index contributed by atoms with van der Waals surface area (Å²) in [5, 5.41) is 7.06. The van der Waals surface area contributed by atoms with Crippen LogP contribution in [0.25, 0.3) is 0 Å². The van der Waals surface area contributed by atoms with Crippen molar-refractivity contribution < 1.29 is 52.2 Å². The van der Waals surface area contributed by atoms with E-state index in [2.05, 4.69) is 111 Å². The number of hydrogen-bond acceptors (Lipinski definition) is 11. The van der Waals surface area contributed by atoms with Crippen LogP contribution in [0.1, 0.15) is 318 Å². The fourth-order valence-electron chi connectivity index (χ4n) is 16.5. The number of amides is 2. The van der Waals surface area contributed by atoms with E-state index in [1.54, 1.807) is 0 Å². The van der Waals surface area contributed by atoms with Gasteiger partial charge >= 0.3 is 0 Å². The van der Waals surface area contributed by atoms with Gasteiger partial charge in [-0.25, -0.2) is 0 Å². The minimum absolute atomic E-state index is 0.0321. The van der Waals surface area contributed by atoms with Crippen molar-refractivity contribution in [3.8, 4) is 0 Å². The number of ether oxygens (including phenoxy) is 9. The molecule has 0 aliphatic carbocycles. The zero-order chi connectivity index (χ0) is 80.5. The zero-order valence-corrected chi connectivity index (χ0v) is 71.7. The van der Waals surface area contributed by atoms with E-state index in [1.165, 1.54) is 180 Å². The van der Waals surface area contributed by atoms with Gasteiger partial charge < -0.3 is 53.3 Å². The molecule has 0 spiro atoms. The number of nitrogens with one attached hydrogen (secondary N) is 2. The SMILES string of the molecule is CCCCCCCCCCCC(CCCCCCCCCCC)C(=O)NCC1O[C@H](O[C@@H]2OC(CNC(=O)C(CCCCCCCCCCC)CCCCCCCCCCC)[C@H](OCc3ccccc3)[C@@H](OCc3ccccc3)C2OCc2ccccc2)C(OCc2ccccc2)[C@H](OCc2ccccc2)[C@H]1OCc1ccccc1. The lowest BCUT2D eigenvalue weighted by Gasteiger charge is -2.50. The molecule has 4 unspecified atom stereocenters. The van der Waals surface area contributed by atoms with Gasteiger partial charge in [-0.05, 0) is 59.1 Å². The minimum atomic E-state index is -1.24. The van der Waals surface area contributed by atoms with Crippen LogP contribution in [0.3, 0.4) is 0 Å². The van der Waals surface area contributed by atoms with Gasteiger partial charge in [0.2, 0.25) is 11.8 Å². The summed E-state index contributed by atoms with van der Waals surface area (Å²) in [4.78, 5) is 30.8. The zero-order valence-electron chi connectivity index (χ0n) is 71.7. The Bertz CT molecular complexity index is 3040. The first-order valence-corrected chi connectivity index (χ1v) is 46.3. The summed E-state index contributed by atoms with van der Waals surface area (Å²) in [6, 6.07) is 61.1. The maximum Gasteiger partial charge on any atom is 0.223 e. The topological polar surface area (TPSA) is 141 Å². The highest BCUT2D eigenvalue weighted by molar-refractivity contribution is 5.79. The van der Waals surface area contributed by atoms with Gasteiger partial charge in [-0.2, -0.15) is 0 Å². The summed E-state index contributed by atoms with van der Waals surface area (Å²) in [7, 11) is 0. The normalized spacial score (nSPS) is 19.6. The summed E-state index contributed by atoms with van der Waals surface area (Å²) < 4.78 is 67.0. The van der Waals surface area contributed by atoms with E-state index in [9.17, 15) is 0 Å². The second kappa shape index (κ2) is 60.4. The lowest BCUT2D eigenvalue weighted by molar-refractivity contribution is -0.390. The van der Waals surface area contributed by atoms with Crippen molar-refractivity contribution in [2.75, 3.05) is 13.1 Å². The first kappa shape index (κ1) is 94.4. The van der Waals surface area contributed by atoms with E-state index < -0.39 is 61.4 Å². The maximum atomic E-state index is 15.4. The third-order valence-electron chi connectivity index (χ3n) is 23.5. The van der Waals surface area contributed by atoms with Crippen LogP contribution in [0.4, 0.5) is 0 Å². The van der Waals surface area contributed by atoms with Gasteiger partial charge in [-0.15, -0.1) is 0 Å². The van der Waals surface area contributed by atoms with Gasteiger partial charge in [-0.1, -0.05) is 441 Å². The first-order chi connectivity index (χ1) is 56.8. The number of rotatable bonds is 66. The molecule has 6 aromatic carbocycles. The molecular formula is C102H152N2O11. The van der Waals surface area contributed by atoms with Gasteiger partial charge in [-0.3, -0.25) is 9.59 Å². The van der Waals surface area contributed by atoms with E-state index in [4.69, 9.17) is 42.6 Å². The Morgan fingerprint density at radius 2 is 0.452 bits per heavy atom. The fourth-order valence-corrected chi connectivity index (χ4v) is 16.5. The number of benzene rings is 6. The third kappa shape index (κ3) is 38.2. The molecule has 0 bridgehead atoms. The average molecular weight is 1580 g/mol. The summed E-state index contributed by atoms with van der Waals surface area (Å²) in [5.41, 5.74) is 5.78. The summed E-state index contributed by atoms with van der Waals surface area (Å²) in [6.45, 7) is 10.6. The van der Waals surface area contributed by atoms with Crippen LogP contribution in [-0.4, -0.2) is 86.3 Å². The quantitative estimate of drug-likeness (QED) is 0.0353. The van der Waals surface area contributed by atoms with Gasteiger partial charge in [0.05, 0.1) is 39.6 Å². The number of carbonyl (C=O) groups is 2. The lowest BCUT2D eigenvalue weighted by atomic mass is 9.92. The van der Waals surface area contributed by atoms with Crippen molar-refractivity contribution in [2.45, 2.75) is 386 Å². The van der Waals surface area contributed by atoms with E-state index >= 15 is 9.59 Å². The van der Waals surface area contributed by atoms with Crippen LogP contribution < -0.4 is 10.6 Å². The van der Waals surface area contributed by atoms with Crippen molar-refractivity contribution in [1.29, 1.82) is 0 Å². The molecule has 8 rings (SSSR count). The Morgan fingerprint density at radius 3 is 0.670 bits per heavy atom. The molecule has 6 aromatic rings. The van der Waals surface area contributed by atoms with E-state index in [0.717, 1.165) is 110 Å². The monoisotopic (exact) mass is 1580 g/mol. The van der Waals surface area contributed by atoms with Crippen LogP contribution in [0, 0.1) is 11.8 Å². The molecular weight excluding hydrogens is 1430 g/mol. The molecule has 0 aromatic heterocycles. The van der Waals surface area contributed by atoms with Crippen LogP contribution in [0.15, 0.2) is 182 Å². The Balaban J connectivity index is 1.18. The summed E-state index contributed by atoms with van der Waals surface area (Å²) in [6.07, 6.45) is 37.8. The summed E-state index contributed by atoms with van der Waals surface area (Å²) >= 11 is 0. The molecule has 0 saturated carbocycles. The van der Waals surface area contributed by atoms with Crippen LogP contribution in [0.2, 0.25) is 0 Å². The largest absolute Gasteiger partial charge is 0.368 e. The Morgan fingerprint density at radius 1 is 0.261 bits per heavy atom. The highest BCUT2D eigenvalue weighted by atomic mass is 16.8. The molecule has 2 N–H and O–H groups in total. The molecule has 636 valence electrons. The standard InChI is InChI=1S/C102H152N2O11/c1-5-9-13-17-21-25-29-33-55-71-89(72-56-34-30-26-22-18-14-10-6-2)99(105)103-75-91-93(107-77-83-59-43-37-44-60-83)95(109-79-85-63-47-39-48-64-85)97(111-81-87-67-51-41-52-68-87)101(113-91)115-102-98(112-82-88-69-53-42-54-70-88)96(110-80-86-65-49-40-50-66-86)94(108-78-84-61-45-38-46-62-84)92(114-102)76-104-100(106)90(73-57-35-31-27-23-19-15-11-7-3)74-58-36-32-28-24-20-16-12-8-4/h37-54,59-70,89-98,101-102H,5-36,55-58,71-82H2,1-4H3,(H,103,105)(H,104,106)/t91?,92?,93-,94-,95+,96+,97?,98?,101-,102+/m0/s1. The highest BCUT2D eigenvalue weighted by Crippen LogP contribution is 2.38. The lowest BCUT2D eigenvalue weighted by Crippen LogP contribution is -2.67. The fraction of sp³-hybridized carbons (Fsp3) is 0.627. The van der Waals surface area contributed by atoms with Crippen LogP contribution in [0.5, 0.6) is 0 Å². The van der Waals surface area contributed by atoms with Crippen molar-refractivity contribution >= 4 is 11.8 Å². The van der Waals surface area contributed by atoms with Crippen molar-refractivity contribution in [3.63, 3.8) is 0 Å². The van der Waals surface area contributed by atoms with Gasteiger partial charge in [0.1, 0.15) is 48.8 Å². The molecule has 2 saturated heterocycles. The molecule has 10 atom stereocenters. The Kier molecular flexibility index (Phi) is 49.6. The Hall–Kier alpha value is -6.10. The van der Waals surface area contributed by atoms with Crippen molar-refractivity contribution in [3.05, 3.63) is 215 Å². The van der Waals surface area contributed by atoms with Crippen LogP contribution in [-0.2, 0) is 91.9 Å². The van der Waals surface area contributed by atoms with E-state index in [-0.39, 0.29) is 76.4 Å². The smallest absolute Gasteiger partial charge is 0.223 e. The van der Waals surface area contributed by atoms with Crippen LogP contribution >= 0.6 is 0 Å². The van der Waals surface area contributed by atoms with Gasteiger partial charge in [0, 0.05) is 24.9 Å². The maximum absolute atomic E-state index is 15.4. The molecule has 0 radical (unpaired) electrons. The van der Waals surface area contributed by atoms with E-state index in [0.29, 0.717) is 0 Å². The predicted molar refractivity (Wildman–Crippen MR) is 469 cm³/mol. The molecule has 2 aliphatic heterocycles. The minimum Gasteiger partial charge on any atom is -0.368 e. The average Bonchev–Trinajstić information content (AvgIpc) is 0.768. The van der Waals surface area contributed by atoms with Crippen molar-refractivity contribution in [1.82, 2.24) is 10.6 Å². The van der Waals surface area contributed by atoms with Gasteiger partial charge in [0.15, 0.2) is 12.6 Å². The second-order valence-electron chi connectivity index (χ2n) is 33.1. The van der Waals surface area contributed by atoms with E-state index in [1.807, 2.05) is 109 Å². The summed E-state index contributed by atoms with van der Waals surface area (Å²) in [5.74, 6) is -0.267. The Labute approximate surface area is 696 Å². The molecule has 2 aliphatic rings. The first-order valence-electron chi connectivity index (χ1n) is 46.3. The molecule has 2 heterocycles. The number of unbranched alkanes of at least 4 members (excludes halogenated alkanes) is 32. The van der Waals surface area contributed by atoms with Crippen molar-refractivity contribution in [2.24, 2.45) is 11.8 Å². The van der Waals surface area contributed by atoms with Gasteiger partial charge in [0.25, 0.3) is 0 Å². The number of hydrogen-bond donors (Lipinski definition) is 2. The molecule has 115 heavy (non-hydrogen) atoms. The molecule has 2 amide bonds. The predicted octanol–water partition coefficient (Wildman–Crippen LogP) is 25.1. The molecule has 2 fully saturated rings. The molecule has 13 nitrogen and oxygen atoms in total. The third-order valence-corrected chi connectivity index (χ3v) is 23.5. The second-order valence-corrected chi connectivity index (χ2v) is 33.1. The molecule has 13 heteroatoms. The number of carbonyl (C=O) groups excluding carboxylic acids is 2. The highest BCUT2D eigenvalue weighted by Gasteiger charge is 2.54.